The van der Waals surface area contributed by atoms with Gasteiger partial charge in [0.2, 0.25) is 0 Å². The lowest BCUT2D eigenvalue weighted by Crippen LogP contribution is -2.18. The van der Waals surface area contributed by atoms with Gasteiger partial charge in [-0.3, -0.25) is 9.67 Å². The topological polar surface area (TPSA) is 56.7 Å². The van der Waals surface area contributed by atoms with Crippen LogP contribution >= 0.6 is 47.8 Å². The van der Waals surface area contributed by atoms with Crippen LogP contribution in [0.3, 0.4) is 0 Å². The maximum absolute atomic E-state index is 6.31. The number of aryl methyl sites for hydroxylation is 2. The number of aromatic nitrogens is 3. The molecule has 0 aromatic carbocycles. The highest BCUT2D eigenvalue weighted by Gasteiger charge is 2.19. The molecule has 0 saturated carbocycles. The average molecular weight is 467 g/mol. The largest absolute Gasteiger partial charge is 0.322 e. The zero-order valence-electron chi connectivity index (χ0n) is 11.2. The first-order valence-electron chi connectivity index (χ1n) is 6.22. The molecular formula is C13H15Br3N4. The molecule has 2 N–H and O–H groups in total. The van der Waals surface area contributed by atoms with Crippen LogP contribution in [0.4, 0.5) is 0 Å². The van der Waals surface area contributed by atoms with E-state index >= 15 is 0 Å². The lowest BCUT2D eigenvalue weighted by Gasteiger charge is -2.14. The maximum atomic E-state index is 6.31. The van der Waals surface area contributed by atoms with Gasteiger partial charge in [-0.25, -0.2) is 0 Å². The fraction of sp³-hybridized carbons (Fsp3) is 0.385. The van der Waals surface area contributed by atoms with Crippen molar-refractivity contribution in [2.24, 2.45) is 5.73 Å². The Kier molecular flexibility index (Phi) is 5.39. The third kappa shape index (κ3) is 3.32. The lowest BCUT2D eigenvalue weighted by molar-refractivity contribution is 0.580. The molecule has 7 heteroatoms. The Labute approximate surface area is 143 Å². The van der Waals surface area contributed by atoms with Crippen molar-refractivity contribution >= 4 is 47.8 Å². The molecule has 0 aliphatic carbocycles. The number of halogens is 3. The van der Waals surface area contributed by atoms with Crippen molar-refractivity contribution < 1.29 is 0 Å². The Bertz CT molecular complexity index is 624. The molecule has 0 amide bonds. The minimum Gasteiger partial charge on any atom is -0.322 e. The summed E-state index contributed by atoms with van der Waals surface area (Å²) in [6.45, 7) is 4.88. The molecule has 2 aromatic heterocycles. The third-order valence-corrected chi connectivity index (χ3v) is 5.15. The maximum Gasteiger partial charge on any atom is 0.0738 e. The van der Waals surface area contributed by atoms with Crippen molar-refractivity contribution in [1.82, 2.24) is 14.8 Å². The summed E-state index contributed by atoms with van der Waals surface area (Å²) in [7, 11) is 0. The molecule has 20 heavy (non-hydrogen) atoms. The summed E-state index contributed by atoms with van der Waals surface area (Å²) >= 11 is 10.5. The molecule has 0 fully saturated rings. The Balaban J connectivity index is 2.30. The fourth-order valence-corrected chi connectivity index (χ4v) is 3.79. The fourth-order valence-electron chi connectivity index (χ4n) is 2.07. The van der Waals surface area contributed by atoms with E-state index in [9.17, 15) is 0 Å². The van der Waals surface area contributed by atoms with Crippen LogP contribution in [0, 0.1) is 6.92 Å². The van der Waals surface area contributed by atoms with Crippen LogP contribution in [0.5, 0.6) is 0 Å². The summed E-state index contributed by atoms with van der Waals surface area (Å²) in [4.78, 5) is 4.40. The number of hydrogen-bond donors (Lipinski definition) is 1. The van der Waals surface area contributed by atoms with E-state index in [2.05, 4.69) is 64.8 Å². The molecule has 1 unspecified atom stereocenters. The second kappa shape index (κ2) is 6.68. The number of rotatable bonds is 4. The summed E-state index contributed by atoms with van der Waals surface area (Å²) < 4.78 is 4.85. The van der Waals surface area contributed by atoms with E-state index in [1.807, 2.05) is 17.7 Å². The summed E-state index contributed by atoms with van der Waals surface area (Å²) in [6, 6.07) is 1.77. The summed E-state index contributed by atoms with van der Waals surface area (Å²) in [5.74, 6) is 0. The molecule has 108 valence electrons. The molecule has 0 aliphatic heterocycles. The van der Waals surface area contributed by atoms with E-state index < -0.39 is 0 Å². The highest BCUT2D eigenvalue weighted by atomic mass is 79.9. The Hall–Kier alpha value is -0.240. The SMILES string of the molecule is CCn1nc(C)c(Br)c1CC(N)c1ncc(Br)cc1Br. The van der Waals surface area contributed by atoms with Crippen molar-refractivity contribution in [1.29, 1.82) is 0 Å². The van der Waals surface area contributed by atoms with Gasteiger partial charge in [0.1, 0.15) is 0 Å². The zero-order valence-corrected chi connectivity index (χ0v) is 16.0. The van der Waals surface area contributed by atoms with Gasteiger partial charge in [-0.1, -0.05) is 0 Å². The molecule has 0 radical (unpaired) electrons. The number of hydrogen-bond acceptors (Lipinski definition) is 3. The Morgan fingerprint density at radius 2 is 2.05 bits per heavy atom. The molecule has 0 aliphatic rings. The molecule has 4 nitrogen and oxygen atoms in total. The van der Waals surface area contributed by atoms with Crippen LogP contribution in [0.1, 0.15) is 30.0 Å². The molecule has 0 saturated heterocycles. The van der Waals surface area contributed by atoms with Gasteiger partial charge in [-0.05, 0) is 67.7 Å². The van der Waals surface area contributed by atoms with Crippen LogP contribution in [0.2, 0.25) is 0 Å². The first-order valence-corrected chi connectivity index (χ1v) is 8.60. The third-order valence-electron chi connectivity index (χ3n) is 3.05. The van der Waals surface area contributed by atoms with Gasteiger partial charge in [0.05, 0.1) is 27.6 Å². The standard InChI is InChI=1S/C13H15Br3N4/c1-3-20-11(12(16)7(2)19-20)5-10(17)13-9(15)4-8(14)6-18-13/h4,6,10H,3,5,17H2,1-2H3. The van der Waals surface area contributed by atoms with Gasteiger partial charge in [0.25, 0.3) is 0 Å². The highest BCUT2D eigenvalue weighted by molar-refractivity contribution is 9.11. The minimum absolute atomic E-state index is 0.185. The average Bonchev–Trinajstić information content (AvgIpc) is 2.66. The van der Waals surface area contributed by atoms with Crippen LogP contribution in [-0.2, 0) is 13.0 Å². The van der Waals surface area contributed by atoms with Crippen LogP contribution < -0.4 is 5.73 Å². The predicted octanol–water partition coefficient (Wildman–Crippen LogP) is 4.14. The van der Waals surface area contributed by atoms with Crippen molar-refractivity contribution in [2.75, 3.05) is 0 Å². The van der Waals surface area contributed by atoms with Crippen LogP contribution in [-0.4, -0.2) is 14.8 Å². The summed E-state index contributed by atoms with van der Waals surface area (Å²) in [6.07, 6.45) is 2.44. The van der Waals surface area contributed by atoms with Gasteiger partial charge in [-0.2, -0.15) is 5.10 Å². The van der Waals surface area contributed by atoms with Crippen molar-refractivity contribution in [3.05, 3.63) is 42.8 Å². The van der Waals surface area contributed by atoms with E-state index in [1.54, 1.807) is 6.20 Å². The van der Waals surface area contributed by atoms with Crippen molar-refractivity contribution in [3.8, 4) is 0 Å². The predicted molar refractivity (Wildman–Crippen MR) is 90.6 cm³/mol. The molecule has 2 aromatic rings. The van der Waals surface area contributed by atoms with E-state index in [-0.39, 0.29) is 6.04 Å². The molecule has 1 atom stereocenters. The molecule has 0 bridgehead atoms. The second-order valence-electron chi connectivity index (χ2n) is 4.49. The van der Waals surface area contributed by atoms with Crippen LogP contribution in [0.25, 0.3) is 0 Å². The number of nitrogens with zero attached hydrogens (tertiary/aromatic N) is 3. The van der Waals surface area contributed by atoms with Gasteiger partial charge < -0.3 is 5.73 Å². The first kappa shape index (κ1) is 16.1. The second-order valence-corrected chi connectivity index (χ2v) is 7.06. The number of nitrogens with two attached hydrogens (primary N) is 1. The zero-order chi connectivity index (χ0) is 14.9. The van der Waals surface area contributed by atoms with E-state index in [0.717, 1.165) is 37.0 Å². The van der Waals surface area contributed by atoms with Crippen molar-refractivity contribution in [3.63, 3.8) is 0 Å². The summed E-state index contributed by atoms with van der Waals surface area (Å²) in [5.41, 5.74) is 9.25. The lowest BCUT2D eigenvalue weighted by atomic mass is 10.1. The molecular weight excluding hydrogens is 452 g/mol. The van der Waals surface area contributed by atoms with Gasteiger partial charge >= 0.3 is 0 Å². The van der Waals surface area contributed by atoms with Gasteiger partial charge in [-0.15, -0.1) is 0 Å². The van der Waals surface area contributed by atoms with E-state index in [1.165, 1.54) is 0 Å². The molecule has 2 heterocycles. The first-order chi connectivity index (χ1) is 9.43. The smallest absolute Gasteiger partial charge is 0.0738 e. The summed E-state index contributed by atoms with van der Waals surface area (Å²) in [5, 5.41) is 4.49. The van der Waals surface area contributed by atoms with Crippen molar-refractivity contribution in [2.45, 2.75) is 32.9 Å². The Morgan fingerprint density at radius 3 is 2.65 bits per heavy atom. The quantitative estimate of drug-likeness (QED) is 0.736. The van der Waals surface area contributed by atoms with E-state index in [0.29, 0.717) is 6.42 Å². The monoisotopic (exact) mass is 464 g/mol. The minimum atomic E-state index is -0.185. The van der Waals surface area contributed by atoms with Gasteiger partial charge in [0.15, 0.2) is 0 Å². The Morgan fingerprint density at radius 1 is 1.35 bits per heavy atom. The van der Waals surface area contributed by atoms with Gasteiger partial charge in [0, 0.05) is 28.1 Å². The normalized spacial score (nSPS) is 12.7. The van der Waals surface area contributed by atoms with E-state index in [4.69, 9.17) is 5.73 Å². The molecule has 2 rings (SSSR count). The molecule has 0 spiro atoms. The number of pyridine rings is 1. The van der Waals surface area contributed by atoms with Crippen LogP contribution in [0.15, 0.2) is 25.7 Å². The highest BCUT2D eigenvalue weighted by Crippen LogP contribution is 2.28.